The fourth-order valence-electron chi connectivity index (χ4n) is 3.76. The summed E-state index contributed by atoms with van der Waals surface area (Å²) < 4.78 is 133. The number of rotatable bonds is 6. The Morgan fingerprint density at radius 3 is 2.00 bits per heavy atom. The second kappa shape index (κ2) is 9.32. The standard InChI is InChI=1S/C20H19F10N3O2/c1-10-7-12(3-5-15(10)33(34)35)9-32(16(31)18(22,23)24)14-6-4-13(8-11(14)2)17(21,19(25,26)27)20(28,29)30/h3-7,11,16H,8-9,31H2,1-2H3/t11-,16?/m1/s1. The minimum absolute atomic E-state index is 0.0958. The van der Waals surface area contributed by atoms with Gasteiger partial charge in [0, 0.05) is 23.9 Å². The van der Waals surface area contributed by atoms with E-state index in [2.05, 4.69) is 0 Å². The van der Waals surface area contributed by atoms with Gasteiger partial charge in [-0.3, -0.25) is 10.1 Å². The van der Waals surface area contributed by atoms with Crippen molar-refractivity contribution in [3.05, 3.63) is 62.9 Å². The summed E-state index contributed by atoms with van der Waals surface area (Å²) in [4.78, 5) is 10.7. The largest absolute Gasteiger partial charge is 0.435 e. The van der Waals surface area contributed by atoms with Gasteiger partial charge < -0.3 is 10.6 Å². The molecule has 0 heterocycles. The Morgan fingerprint density at radius 1 is 1.06 bits per heavy atom. The maximum Gasteiger partial charge on any atom is 0.435 e. The van der Waals surface area contributed by atoms with Crippen LogP contribution in [0.25, 0.3) is 0 Å². The molecular weight excluding hydrogens is 504 g/mol. The summed E-state index contributed by atoms with van der Waals surface area (Å²) >= 11 is 0. The first-order valence-corrected chi connectivity index (χ1v) is 9.78. The van der Waals surface area contributed by atoms with Crippen molar-refractivity contribution >= 4 is 5.69 Å². The third-order valence-corrected chi connectivity index (χ3v) is 5.52. The number of hydrogen-bond acceptors (Lipinski definition) is 4. The molecule has 0 amide bonds. The normalized spacial score (nSPS) is 18.6. The highest BCUT2D eigenvalue weighted by molar-refractivity contribution is 5.42. The van der Waals surface area contributed by atoms with Crippen LogP contribution in [0.4, 0.5) is 49.6 Å². The van der Waals surface area contributed by atoms with Crippen LogP contribution in [0.2, 0.25) is 0 Å². The fourth-order valence-corrected chi connectivity index (χ4v) is 3.76. The van der Waals surface area contributed by atoms with Crippen molar-refractivity contribution in [1.29, 1.82) is 0 Å². The molecule has 0 aliphatic heterocycles. The second-order valence-electron chi connectivity index (χ2n) is 8.03. The van der Waals surface area contributed by atoms with Gasteiger partial charge in [0.15, 0.2) is 6.17 Å². The average molecular weight is 523 g/mol. The molecule has 0 saturated carbocycles. The van der Waals surface area contributed by atoms with Gasteiger partial charge >= 0.3 is 24.2 Å². The predicted molar refractivity (Wildman–Crippen MR) is 103 cm³/mol. The Hall–Kier alpha value is -2.84. The summed E-state index contributed by atoms with van der Waals surface area (Å²) in [6.07, 6.45) is -21.0. The Kier molecular flexibility index (Phi) is 7.56. The summed E-state index contributed by atoms with van der Waals surface area (Å²) in [7, 11) is 0. The number of halogens is 10. The van der Waals surface area contributed by atoms with E-state index in [4.69, 9.17) is 5.73 Å². The SMILES string of the molecule is Cc1cc(CN(C2=CC=C(C(F)(C(F)(F)F)C(F)(F)F)C[C@H]2C)C(N)C(F)(F)F)ccc1[N+](=O)[O-]. The van der Waals surface area contributed by atoms with E-state index >= 15 is 0 Å². The Bertz CT molecular complexity index is 1010. The zero-order valence-electron chi connectivity index (χ0n) is 18.0. The van der Waals surface area contributed by atoms with Crippen LogP contribution in [0.15, 0.2) is 41.6 Å². The van der Waals surface area contributed by atoms with Crippen molar-refractivity contribution in [2.75, 3.05) is 0 Å². The third-order valence-electron chi connectivity index (χ3n) is 5.52. The van der Waals surface area contributed by atoms with Gasteiger partial charge in [-0.25, -0.2) is 4.39 Å². The number of nitro benzene ring substituents is 1. The first-order valence-electron chi connectivity index (χ1n) is 9.78. The fraction of sp³-hybridized carbons (Fsp3) is 0.500. The van der Waals surface area contributed by atoms with E-state index < -0.39 is 59.7 Å². The van der Waals surface area contributed by atoms with Crippen molar-refractivity contribution in [1.82, 2.24) is 4.90 Å². The molecule has 2 atom stereocenters. The molecule has 1 aliphatic carbocycles. The zero-order chi connectivity index (χ0) is 27.1. The van der Waals surface area contributed by atoms with E-state index in [-0.39, 0.29) is 28.6 Å². The number of nitrogens with two attached hydrogens (primary N) is 1. The van der Waals surface area contributed by atoms with Crippen molar-refractivity contribution in [2.24, 2.45) is 11.7 Å². The van der Waals surface area contributed by atoms with Crippen LogP contribution < -0.4 is 5.73 Å². The molecule has 0 radical (unpaired) electrons. The number of aryl methyl sites for hydroxylation is 1. The second-order valence-corrected chi connectivity index (χ2v) is 8.03. The summed E-state index contributed by atoms with van der Waals surface area (Å²) in [5, 5.41) is 11.0. The van der Waals surface area contributed by atoms with Gasteiger partial charge in [0.1, 0.15) is 0 Å². The van der Waals surface area contributed by atoms with Crippen LogP contribution in [-0.4, -0.2) is 40.2 Å². The van der Waals surface area contributed by atoms with Gasteiger partial charge in [-0.15, -0.1) is 0 Å². The van der Waals surface area contributed by atoms with Gasteiger partial charge in [0.2, 0.25) is 0 Å². The molecule has 1 aromatic carbocycles. The highest BCUT2D eigenvalue weighted by Crippen LogP contribution is 2.53. The molecule has 0 bridgehead atoms. The summed E-state index contributed by atoms with van der Waals surface area (Å²) in [5.74, 6) is -1.43. The molecular formula is C20H19F10N3O2. The van der Waals surface area contributed by atoms with Crippen LogP contribution in [0.3, 0.4) is 0 Å². The zero-order valence-corrected chi connectivity index (χ0v) is 18.0. The molecule has 0 saturated heterocycles. The predicted octanol–water partition coefficient (Wildman–Crippen LogP) is 6.24. The molecule has 0 spiro atoms. The molecule has 0 aromatic heterocycles. The molecule has 196 valence electrons. The average Bonchev–Trinajstić information content (AvgIpc) is 2.68. The highest BCUT2D eigenvalue weighted by Gasteiger charge is 2.74. The van der Waals surface area contributed by atoms with E-state index in [0.717, 1.165) is 19.1 Å². The smallest absolute Gasteiger partial charge is 0.347 e. The van der Waals surface area contributed by atoms with Crippen LogP contribution in [0.1, 0.15) is 24.5 Å². The van der Waals surface area contributed by atoms with Gasteiger partial charge in [-0.1, -0.05) is 19.1 Å². The Balaban J connectivity index is 2.57. The lowest BCUT2D eigenvalue weighted by Gasteiger charge is -2.40. The van der Waals surface area contributed by atoms with Crippen LogP contribution in [0.5, 0.6) is 0 Å². The quantitative estimate of drug-likeness (QED) is 0.208. The molecule has 2 rings (SSSR count). The lowest BCUT2D eigenvalue weighted by atomic mass is 9.82. The number of benzene rings is 1. The molecule has 1 unspecified atom stereocenters. The molecule has 1 aromatic rings. The first kappa shape index (κ1) is 28.4. The monoisotopic (exact) mass is 523 g/mol. The molecule has 35 heavy (non-hydrogen) atoms. The molecule has 1 aliphatic rings. The summed E-state index contributed by atoms with van der Waals surface area (Å²) in [6, 6.07) is 3.36. The van der Waals surface area contributed by atoms with Gasteiger partial charge in [-0.2, -0.15) is 39.5 Å². The van der Waals surface area contributed by atoms with E-state index in [1.54, 1.807) is 0 Å². The summed E-state index contributed by atoms with van der Waals surface area (Å²) in [5.41, 5.74) is -2.61. The highest BCUT2D eigenvalue weighted by atomic mass is 19.4. The van der Waals surface area contributed by atoms with Crippen LogP contribution in [-0.2, 0) is 6.54 Å². The first-order chi connectivity index (χ1) is 15.7. The van der Waals surface area contributed by atoms with E-state index in [1.165, 1.54) is 13.0 Å². The van der Waals surface area contributed by atoms with E-state index in [0.29, 0.717) is 11.0 Å². The number of nitrogens with zero attached hydrogens (tertiary/aromatic N) is 2. The molecule has 5 nitrogen and oxygen atoms in total. The third kappa shape index (κ3) is 5.54. The van der Waals surface area contributed by atoms with Crippen molar-refractivity contribution in [2.45, 2.75) is 57.2 Å². The van der Waals surface area contributed by atoms with Gasteiger partial charge in [0.05, 0.1) is 4.92 Å². The summed E-state index contributed by atoms with van der Waals surface area (Å²) in [6.45, 7) is 1.71. The Morgan fingerprint density at radius 2 is 1.60 bits per heavy atom. The van der Waals surface area contributed by atoms with Crippen molar-refractivity contribution in [3.8, 4) is 0 Å². The minimum atomic E-state index is -6.36. The van der Waals surface area contributed by atoms with Crippen LogP contribution >= 0.6 is 0 Å². The number of alkyl halides is 10. The number of allylic oxidation sites excluding steroid dienone is 4. The molecule has 15 heteroatoms. The van der Waals surface area contributed by atoms with Gasteiger partial charge in [-0.05, 0) is 42.5 Å². The Labute approximate surface area is 192 Å². The minimum Gasteiger partial charge on any atom is -0.347 e. The molecule has 0 fully saturated rings. The van der Waals surface area contributed by atoms with Crippen LogP contribution in [0, 0.1) is 23.0 Å². The van der Waals surface area contributed by atoms with Crippen molar-refractivity contribution in [3.63, 3.8) is 0 Å². The lowest BCUT2D eigenvalue weighted by molar-refractivity contribution is -0.385. The molecule has 2 N–H and O–H groups in total. The maximum absolute atomic E-state index is 14.4. The number of nitro groups is 1. The lowest BCUT2D eigenvalue weighted by Crippen LogP contribution is -2.55. The maximum atomic E-state index is 14.4. The topological polar surface area (TPSA) is 72.4 Å². The van der Waals surface area contributed by atoms with E-state index in [9.17, 15) is 54.0 Å². The number of hydrogen-bond donors (Lipinski definition) is 1. The van der Waals surface area contributed by atoms with E-state index in [1.807, 2.05) is 0 Å². The van der Waals surface area contributed by atoms with Gasteiger partial charge in [0.25, 0.3) is 5.69 Å². The van der Waals surface area contributed by atoms with Crippen molar-refractivity contribution < 1.29 is 48.8 Å².